The number of rotatable bonds is 1. The number of carbonyl (C=O) groups is 1. The molecule has 0 unspecified atom stereocenters. The fourth-order valence-corrected chi connectivity index (χ4v) is 2.29. The van der Waals surface area contributed by atoms with Crippen LogP contribution in [0.5, 0.6) is 0 Å². The number of imidazole rings is 1. The molecule has 0 saturated carbocycles. The molecule has 3 rings (SSSR count). The molecule has 1 aromatic carbocycles. The zero-order valence-corrected chi connectivity index (χ0v) is 11.3. The van der Waals surface area contributed by atoms with Crippen LogP contribution in [-0.2, 0) is 0 Å². The highest BCUT2D eigenvalue weighted by Gasteiger charge is 2.17. The standard InChI is InChI=1S/C15H14N4O/c1-9-5-6-12-13(10(9)2)18-14(19(12)15(16)20)11-4-3-7-17-8-11/h3-8H,1-2H3,(H2,16,20). The smallest absolute Gasteiger partial charge is 0.325 e. The number of pyridine rings is 1. The molecule has 100 valence electrons. The van der Waals surface area contributed by atoms with E-state index in [0.29, 0.717) is 5.82 Å². The molecule has 5 heteroatoms. The van der Waals surface area contributed by atoms with E-state index in [1.165, 1.54) is 4.57 Å². The van der Waals surface area contributed by atoms with Crippen molar-refractivity contribution in [2.75, 3.05) is 0 Å². The fourth-order valence-electron chi connectivity index (χ4n) is 2.29. The third-order valence-electron chi connectivity index (χ3n) is 3.49. The Labute approximate surface area is 116 Å². The average molecular weight is 266 g/mol. The number of carbonyl (C=O) groups excluding carboxylic acids is 1. The van der Waals surface area contributed by atoms with Crippen molar-refractivity contribution < 1.29 is 4.79 Å². The number of nitrogens with zero attached hydrogens (tertiary/aromatic N) is 3. The summed E-state index contributed by atoms with van der Waals surface area (Å²) in [5.41, 5.74) is 9.97. The highest BCUT2D eigenvalue weighted by atomic mass is 16.2. The maximum Gasteiger partial charge on any atom is 0.325 e. The molecule has 0 aliphatic heterocycles. The molecule has 0 aliphatic carbocycles. The first kappa shape index (κ1) is 12.3. The van der Waals surface area contributed by atoms with Crippen LogP contribution in [0.1, 0.15) is 11.1 Å². The van der Waals surface area contributed by atoms with Crippen LogP contribution >= 0.6 is 0 Å². The molecule has 2 aromatic heterocycles. The topological polar surface area (TPSA) is 73.8 Å². The van der Waals surface area contributed by atoms with E-state index in [2.05, 4.69) is 9.97 Å². The second kappa shape index (κ2) is 4.45. The van der Waals surface area contributed by atoms with Crippen LogP contribution in [0.25, 0.3) is 22.4 Å². The van der Waals surface area contributed by atoms with Crippen molar-refractivity contribution in [3.63, 3.8) is 0 Å². The largest absolute Gasteiger partial charge is 0.351 e. The van der Waals surface area contributed by atoms with Crippen LogP contribution in [0, 0.1) is 13.8 Å². The molecule has 0 radical (unpaired) electrons. The van der Waals surface area contributed by atoms with Crippen molar-refractivity contribution in [1.82, 2.24) is 14.5 Å². The summed E-state index contributed by atoms with van der Waals surface area (Å²) in [7, 11) is 0. The molecule has 0 aliphatic rings. The summed E-state index contributed by atoms with van der Waals surface area (Å²) in [5, 5.41) is 0. The molecule has 5 nitrogen and oxygen atoms in total. The van der Waals surface area contributed by atoms with Crippen LogP contribution in [0.2, 0.25) is 0 Å². The van der Waals surface area contributed by atoms with Gasteiger partial charge in [-0.1, -0.05) is 6.07 Å². The van der Waals surface area contributed by atoms with Gasteiger partial charge in [0.25, 0.3) is 0 Å². The third-order valence-corrected chi connectivity index (χ3v) is 3.49. The number of fused-ring (bicyclic) bond motifs is 1. The minimum Gasteiger partial charge on any atom is -0.351 e. The average Bonchev–Trinajstić information content (AvgIpc) is 2.84. The summed E-state index contributed by atoms with van der Waals surface area (Å²) in [6.45, 7) is 4.00. The minimum atomic E-state index is -0.547. The number of hydrogen-bond donors (Lipinski definition) is 1. The predicted molar refractivity (Wildman–Crippen MR) is 77.4 cm³/mol. The van der Waals surface area contributed by atoms with E-state index < -0.39 is 6.03 Å². The van der Waals surface area contributed by atoms with Gasteiger partial charge < -0.3 is 5.73 Å². The highest BCUT2D eigenvalue weighted by molar-refractivity contribution is 5.94. The summed E-state index contributed by atoms with van der Waals surface area (Å²) in [6, 6.07) is 6.95. The summed E-state index contributed by atoms with van der Waals surface area (Å²) < 4.78 is 1.43. The molecule has 0 bridgehead atoms. The summed E-state index contributed by atoms with van der Waals surface area (Å²) >= 11 is 0. The van der Waals surface area contributed by atoms with Gasteiger partial charge in [-0.15, -0.1) is 0 Å². The Balaban J connectivity index is 2.41. The molecule has 20 heavy (non-hydrogen) atoms. The lowest BCUT2D eigenvalue weighted by molar-refractivity contribution is 0.251. The normalized spacial score (nSPS) is 10.9. The first-order chi connectivity index (χ1) is 9.59. The lowest BCUT2D eigenvalue weighted by Crippen LogP contribution is -2.20. The van der Waals surface area contributed by atoms with Crippen LogP contribution in [0.4, 0.5) is 4.79 Å². The Kier molecular flexibility index (Phi) is 2.75. The number of amides is 1. The van der Waals surface area contributed by atoms with Gasteiger partial charge >= 0.3 is 6.03 Å². The molecule has 0 fully saturated rings. The Hall–Kier alpha value is -2.69. The number of primary amides is 1. The second-order valence-corrected chi connectivity index (χ2v) is 4.73. The van der Waals surface area contributed by atoms with E-state index in [-0.39, 0.29) is 0 Å². The van der Waals surface area contributed by atoms with Crippen molar-refractivity contribution in [2.45, 2.75) is 13.8 Å². The maximum atomic E-state index is 11.8. The zero-order valence-electron chi connectivity index (χ0n) is 11.3. The maximum absolute atomic E-state index is 11.8. The highest BCUT2D eigenvalue weighted by Crippen LogP contribution is 2.27. The van der Waals surface area contributed by atoms with Gasteiger partial charge in [0.05, 0.1) is 11.0 Å². The van der Waals surface area contributed by atoms with Gasteiger partial charge in [0, 0.05) is 18.0 Å². The lowest BCUT2D eigenvalue weighted by Gasteiger charge is -2.04. The van der Waals surface area contributed by atoms with Crippen molar-refractivity contribution in [3.8, 4) is 11.4 Å². The number of hydrogen-bond acceptors (Lipinski definition) is 3. The predicted octanol–water partition coefficient (Wildman–Crippen LogP) is 2.64. The summed E-state index contributed by atoms with van der Waals surface area (Å²) in [5.74, 6) is 0.523. The van der Waals surface area contributed by atoms with E-state index in [9.17, 15) is 4.79 Å². The van der Waals surface area contributed by atoms with Crippen LogP contribution < -0.4 is 5.73 Å². The quantitative estimate of drug-likeness (QED) is 0.735. The van der Waals surface area contributed by atoms with Crippen molar-refractivity contribution >= 4 is 17.1 Å². The van der Waals surface area contributed by atoms with Gasteiger partial charge in [0.15, 0.2) is 5.82 Å². The fraction of sp³-hybridized carbons (Fsp3) is 0.133. The molecule has 2 heterocycles. The van der Waals surface area contributed by atoms with E-state index in [1.54, 1.807) is 18.5 Å². The van der Waals surface area contributed by atoms with Gasteiger partial charge in [0.2, 0.25) is 0 Å². The first-order valence-electron chi connectivity index (χ1n) is 6.28. The number of nitrogens with two attached hydrogens (primary N) is 1. The minimum absolute atomic E-state index is 0.523. The van der Waals surface area contributed by atoms with Gasteiger partial charge in [-0.3, -0.25) is 4.98 Å². The molecule has 0 atom stereocenters. The van der Waals surface area contributed by atoms with E-state index >= 15 is 0 Å². The van der Waals surface area contributed by atoms with Gasteiger partial charge in [-0.2, -0.15) is 0 Å². The summed E-state index contributed by atoms with van der Waals surface area (Å²) in [6.07, 6.45) is 3.35. The van der Waals surface area contributed by atoms with E-state index in [0.717, 1.165) is 27.7 Å². The SMILES string of the molecule is Cc1ccc2c(nc(-c3cccnc3)n2C(N)=O)c1C. The zero-order chi connectivity index (χ0) is 14.3. The first-order valence-corrected chi connectivity index (χ1v) is 6.28. The number of aryl methyl sites for hydroxylation is 2. The monoisotopic (exact) mass is 266 g/mol. The molecular weight excluding hydrogens is 252 g/mol. The van der Waals surface area contributed by atoms with Crippen molar-refractivity contribution in [3.05, 3.63) is 47.8 Å². The van der Waals surface area contributed by atoms with Gasteiger partial charge in [0.1, 0.15) is 0 Å². The van der Waals surface area contributed by atoms with Gasteiger partial charge in [-0.05, 0) is 43.2 Å². The molecule has 0 spiro atoms. The second-order valence-electron chi connectivity index (χ2n) is 4.73. The molecule has 0 saturated heterocycles. The van der Waals surface area contributed by atoms with Crippen molar-refractivity contribution in [1.29, 1.82) is 0 Å². The third kappa shape index (κ3) is 1.75. The Bertz CT molecular complexity index is 806. The van der Waals surface area contributed by atoms with Crippen molar-refractivity contribution in [2.24, 2.45) is 5.73 Å². The Morgan fingerprint density at radius 2 is 2.05 bits per heavy atom. The molecule has 1 amide bonds. The van der Waals surface area contributed by atoms with Crippen LogP contribution in [0.15, 0.2) is 36.7 Å². The van der Waals surface area contributed by atoms with Gasteiger partial charge in [-0.25, -0.2) is 14.3 Å². The van der Waals surface area contributed by atoms with Crippen LogP contribution in [0.3, 0.4) is 0 Å². The van der Waals surface area contributed by atoms with E-state index in [1.807, 2.05) is 32.0 Å². The molecular formula is C15H14N4O. The number of aromatic nitrogens is 3. The molecule has 3 aromatic rings. The van der Waals surface area contributed by atoms with Crippen LogP contribution in [-0.4, -0.2) is 20.6 Å². The summed E-state index contributed by atoms with van der Waals surface area (Å²) in [4.78, 5) is 20.4. The Morgan fingerprint density at radius 1 is 1.25 bits per heavy atom. The number of benzene rings is 1. The Morgan fingerprint density at radius 3 is 2.70 bits per heavy atom. The molecule has 2 N–H and O–H groups in total. The van der Waals surface area contributed by atoms with E-state index in [4.69, 9.17) is 5.73 Å². The lowest BCUT2D eigenvalue weighted by atomic mass is 10.1.